The third-order valence-corrected chi connectivity index (χ3v) is 5.18. The Bertz CT molecular complexity index is 1230. The minimum atomic E-state index is -0.169. The van der Waals surface area contributed by atoms with E-state index < -0.39 is 0 Å². The number of ether oxygens (including phenoxy) is 2. The van der Waals surface area contributed by atoms with E-state index in [1.807, 2.05) is 30.3 Å². The van der Waals surface area contributed by atoms with Crippen molar-refractivity contribution in [2.45, 2.75) is 19.4 Å². The molecule has 0 saturated heterocycles. The Labute approximate surface area is 196 Å². The number of halogens is 1. The van der Waals surface area contributed by atoms with Crippen LogP contribution in [0.4, 0.5) is 5.69 Å². The van der Waals surface area contributed by atoms with E-state index in [-0.39, 0.29) is 12.3 Å². The number of hydrogen-bond donors (Lipinski definition) is 1. The zero-order valence-corrected chi connectivity index (χ0v) is 18.7. The van der Waals surface area contributed by atoms with Crippen molar-refractivity contribution < 1.29 is 18.7 Å². The standard InChI is InChI=1S/C25H22ClN3O4/c1-31-21-7-6-18(14-22(21)32-16-17-10-12-27-13-11-17)29-24(30)8-9-25-28-15-23(33-25)19-4-2-3-5-20(19)26/h2-7,10-15H,8-9,16H2,1H3,(H,29,30). The number of nitrogens with one attached hydrogen (secondary N) is 1. The van der Waals surface area contributed by atoms with Crippen LogP contribution in [0.1, 0.15) is 17.9 Å². The van der Waals surface area contributed by atoms with E-state index in [1.54, 1.807) is 50.0 Å². The van der Waals surface area contributed by atoms with Gasteiger partial charge in [0.15, 0.2) is 23.1 Å². The number of pyridine rings is 1. The summed E-state index contributed by atoms with van der Waals surface area (Å²) in [5.74, 6) is 1.98. The SMILES string of the molecule is COc1ccc(NC(=O)CCc2ncc(-c3ccccc3Cl)o2)cc1OCc1ccncc1. The molecule has 2 heterocycles. The van der Waals surface area contributed by atoms with Crippen LogP contribution >= 0.6 is 11.6 Å². The topological polar surface area (TPSA) is 86.5 Å². The summed E-state index contributed by atoms with van der Waals surface area (Å²) in [6.07, 6.45) is 5.60. The fourth-order valence-corrected chi connectivity index (χ4v) is 3.39. The third kappa shape index (κ3) is 5.90. The molecule has 1 amide bonds. The molecule has 7 nitrogen and oxygen atoms in total. The first kappa shape index (κ1) is 22.4. The van der Waals surface area contributed by atoms with E-state index in [0.717, 1.165) is 11.1 Å². The Morgan fingerprint density at radius 1 is 1.09 bits per heavy atom. The van der Waals surface area contributed by atoms with E-state index in [0.29, 0.717) is 46.9 Å². The highest BCUT2D eigenvalue weighted by atomic mass is 35.5. The van der Waals surface area contributed by atoms with Crippen LogP contribution in [0.2, 0.25) is 5.02 Å². The maximum Gasteiger partial charge on any atom is 0.224 e. The molecule has 0 radical (unpaired) electrons. The van der Waals surface area contributed by atoms with Crippen molar-refractivity contribution in [3.63, 3.8) is 0 Å². The van der Waals surface area contributed by atoms with Gasteiger partial charge in [-0.3, -0.25) is 9.78 Å². The van der Waals surface area contributed by atoms with Crippen molar-refractivity contribution in [1.29, 1.82) is 0 Å². The minimum absolute atomic E-state index is 0.169. The van der Waals surface area contributed by atoms with Gasteiger partial charge in [0.25, 0.3) is 0 Å². The maximum atomic E-state index is 12.5. The summed E-state index contributed by atoms with van der Waals surface area (Å²) in [5, 5.41) is 3.46. The number of nitrogens with zero attached hydrogens (tertiary/aromatic N) is 2. The highest BCUT2D eigenvalue weighted by Gasteiger charge is 2.12. The molecule has 1 N–H and O–H groups in total. The van der Waals surface area contributed by atoms with Crippen molar-refractivity contribution in [3.8, 4) is 22.8 Å². The van der Waals surface area contributed by atoms with Gasteiger partial charge in [-0.25, -0.2) is 4.98 Å². The van der Waals surface area contributed by atoms with Gasteiger partial charge in [-0.1, -0.05) is 23.7 Å². The van der Waals surface area contributed by atoms with Crippen LogP contribution in [0.3, 0.4) is 0 Å². The molecule has 4 rings (SSSR count). The van der Waals surface area contributed by atoms with Gasteiger partial charge < -0.3 is 19.2 Å². The Balaban J connectivity index is 1.35. The zero-order valence-electron chi connectivity index (χ0n) is 18.0. The number of oxazole rings is 1. The molecule has 0 aliphatic rings. The lowest BCUT2D eigenvalue weighted by molar-refractivity contribution is -0.116. The molecule has 0 aliphatic carbocycles. The third-order valence-electron chi connectivity index (χ3n) is 4.85. The smallest absolute Gasteiger partial charge is 0.224 e. The first-order chi connectivity index (χ1) is 16.1. The number of benzene rings is 2. The van der Waals surface area contributed by atoms with Crippen LogP contribution in [0, 0.1) is 0 Å². The van der Waals surface area contributed by atoms with Crippen LogP contribution in [-0.2, 0) is 17.8 Å². The number of aryl methyl sites for hydroxylation is 1. The van der Waals surface area contributed by atoms with Crippen LogP contribution in [0.5, 0.6) is 11.5 Å². The molecule has 33 heavy (non-hydrogen) atoms. The second kappa shape index (κ2) is 10.7. The molecule has 0 saturated carbocycles. The lowest BCUT2D eigenvalue weighted by Crippen LogP contribution is -2.12. The number of carbonyl (C=O) groups excluding carboxylic acids is 1. The van der Waals surface area contributed by atoms with E-state index >= 15 is 0 Å². The monoisotopic (exact) mass is 463 g/mol. The first-order valence-corrected chi connectivity index (χ1v) is 10.7. The summed E-state index contributed by atoms with van der Waals surface area (Å²) < 4.78 is 17.0. The first-order valence-electron chi connectivity index (χ1n) is 10.3. The predicted octanol–water partition coefficient (Wildman–Crippen LogP) is 5.55. The number of methoxy groups -OCH3 is 1. The molecule has 0 spiro atoms. The van der Waals surface area contributed by atoms with Gasteiger partial charge in [0.1, 0.15) is 6.61 Å². The number of hydrogen-bond acceptors (Lipinski definition) is 6. The Morgan fingerprint density at radius 3 is 2.70 bits per heavy atom. The number of carbonyl (C=O) groups is 1. The Morgan fingerprint density at radius 2 is 1.91 bits per heavy atom. The fourth-order valence-electron chi connectivity index (χ4n) is 3.16. The summed E-state index contributed by atoms with van der Waals surface area (Å²) in [4.78, 5) is 20.7. The molecule has 4 aromatic rings. The van der Waals surface area contributed by atoms with Crippen LogP contribution in [-0.4, -0.2) is 23.0 Å². The Kier molecular flexibility index (Phi) is 7.22. The van der Waals surface area contributed by atoms with E-state index in [4.69, 9.17) is 25.5 Å². The van der Waals surface area contributed by atoms with Gasteiger partial charge in [0.05, 0.1) is 18.3 Å². The molecular formula is C25H22ClN3O4. The van der Waals surface area contributed by atoms with Gasteiger partial charge in [0, 0.05) is 42.6 Å². The van der Waals surface area contributed by atoms with Crippen LogP contribution < -0.4 is 14.8 Å². The minimum Gasteiger partial charge on any atom is -0.493 e. The molecule has 0 aliphatic heterocycles. The second-order valence-electron chi connectivity index (χ2n) is 7.16. The molecule has 168 valence electrons. The average Bonchev–Trinajstić information content (AvgIpc) is 3.31. The summed E-state index contributed by atoms with van der Waals surface area (Å²) in [7, 11) is 1.57. The highest BCUT2D eigenvalue weighted by Crippen LogP contribution is 2.31. The number of amides is 1. The van der Waals surface area contributed by atoms with Gasteiger partial charge >= 0.3 is 0 Å². The van der Waals surface area contributed by atoms with E-state index in [2.05, 4.69) is 15.3 Å². The molecule has 0 bridgehead atoms. The molecule has 2 aromatic heterocycles. The highest BCUT2D eigenvalue weighted by molar-refractivity contribution is 6.33. The Hall–Kier alpha value is -3.84. The maximum absolute atomic E-state index is 12.5. The normalized spacial score (nSPS) is 10.6. The van der Waals surface area contributed by atoms with Crippen molar-refractivity contribution >= 4 is 23.2 Å². The molecule has 2 aromatic carbocycles. The lowest BCUT2D eigenvalue weighted by Gasteiger charge is -2.13. The van der Waals surface area contributed by atoms with Crippen molar-refractivity contribution in [2.24, 2.45) is 0 Å². The zero-order chi connectivity index (χ0) is 23.0. The summed E-state index contributed by atoms with van der Waals surface area (Å²) in [5.41, 5.74) is 2.35. The summed E-state index contributed by atoms with van der Waals surface area (Å²) in [6.45, 7) is 0.355. The van der Waals surface area contributed by atoms with E-state index in [9.17, 15) is 4.79 Å². The van der Waals surface area contributed by atoms with Crippen molar-refractivity contribution in [1.82, 2.24) is 9.97 Å². The largest absolute Gasteiger partial charge is 0.493 e. The average molecular weight is 464 g/mol. The van der Waals surface area contributed by atoms with Gasteiger partial charge in [-0.15, -0.1) is 0 Å². The number of anilines is 1. The molecule has 0 fully saturated rings. The fraction of sp³-hybridized carbons (Fsp3) is 0.160. The lowest BCUT2D eigenvalue weighted by atomic mass is 10.2. The van der Waals surface area contributed by atoms with Gasteiger partial charge in [-0.05, 0) is 42.0 Å². The number of aromatic nitrogens is 2. The second-order valence-corrected chi connectivity index (χ2v) is 7.56. The van der Waals surface area contributed by atoms with Crippen molar-refractivity contribution in [2.75, 3.05) is 12.4 Å². The van der Waals surface area contributed by atoms with E-state index in [1.165, 1.54) is 0 Å². The molecule has 8 heteroatoms. The van der Waals surface area contributed by atoms with Crippen LogP contribution in [0.25, 0.3) is 11.3 Å². The quantitative estimate of drug-likeness (QED) is 0.350. The van der Waals surface area contributed by atoms with Crippen LogP contribution in [0.15, 0.2) is 77.6 Å². The summed E-state index contributed by atoms with van der Waals surface area (Å²) in [6, 6.07) is 16.4. The van der Waals surface area contributed by atoms with Gasteiger partial charge in [0.2, 0.25) is 5.91 Å². The molecular weight excluding hydrogens is 442 g/mol. The number of rotatable bonds is 9. The predicted molar refractivity (Wildman–Crippen MR) is 125 cm³/mol. The summed E-state index contributed by atoms with van der Waals surface area (Å²) >= 11 is 6.20. The van der Waals surface area contributed by atoms with Gasteiger partial charge in [-0.2, -0.15) is 0 Å². The molecule has 0 atom stereocenters. The van der Waals surface area contributed by atoms with Crippen molar-refractivity contribution in [3.05, 3.63) is 89.7 Å². The molecule has 0 unspecified atom stereocenters.